The molecule has 126 valence electrons. The van der Waals surface area contributed by atoms with Crippen LogP contribution in [0.15, 0.2) is 30.3 Å². The van der Waals surface area contributed by atoms with Crippen molar-refractivity contribution in [2.45, 2.75) is 33.1 Å². The van der Waals surface area contributed by atoms with Crippen molar-refractivity contribution in [3.8, 4) is 5.75 Å². The highest BCUT2D eigenvalue weighted by Crippen LogP contribution is 2.25. The Bertz CT molecular complexity index is 751. The zero-order valence-electron chi connectivity index (χ0n) is 13.9. The number of ether oxygens (including phenoxy) is 1. The Morgan fingerprint density at radius 3 is 2.92 bits per heavy atom. The van der Waals surface area contributed by atoms with Gasteiger partial charge >= 0.3 is 5.97 Å². The van der Waals surface area contributed by atoms with E-state index in [0.29, 0.717) is 24.6 Å². The summed E-state index contributed by atoms with van der Waals surface area (Å²) in [5.41, 5.74) is 1.92. The molecule has 0 saturated carbocycles. The van der Waals surface area contributed by atoms with Crippen molar-refractivity contribution in [2.75, 3.05) is 11.4 Å². The normalized spacial score (nSPS) is 14.5. The number of hydrogen-bond donors (Lipinski definition) is 1. The number of benzene rings is 1. The second-order valence-electron chi connectivity index (χ2n) is 6.41. The van der Waals surface area contributed by atoms with Crippen molar-refractivity contribution in [3.63, 3.8) is 0 Å². The molecule has 2 heterocycles. The number of H-pyrrole nitrogens is 1. The van der Waals surface area contributed by atoms with Crippen LogP contribution in [0.5, 0.6) is 5.75 Å². The van der Waals surface area contributed by atoms with Crippen LogP contribution in [0.25, 0.3) is 0 Å². The monoisotopic (exact) mass is 327 g/mol. The molecule has 3 rings (SSSR count). The van der Waals surface area contributed by atoms with Gasteiger partial charge in [0.1, 0.15) is 5.75 Å². The molecule has 1 amide bonds. The molecule has 6 heteroatoms. The zero-order chi connectivity index (χ0) is 17.1. The average molecular weight is 327 g/mol. The zero-order valence-corrected chi connectivity index (χ0v) is 13.9. The molecule has 2 aromatic rings. The molecular formula is C18H21N3O3. The molecule has 0 aliphatic carbocycles. The molecule has 1 aliphatic rings. The van der Waals surface area contributed by atoms with E-state index in [1.165, 1.54) is 0 Å². The third-order valence-corrected chi connectivity index (χ3v) is 3.88. The molecule has 1 aromatic heterocycles. The Labute approximate surface area is 140 Å². The first-order valence-electron chi connectivity index (χ1n) is 8.20. The summed E-state index contributed by atoms with van der Waals surface area (Å²) in [6, 6.07) is 8.75. The largest absolute Gasteiger partial charge is 0.422 e. The number of aromatic amines is 1. The van der Waals surface area contributed by atoms with E-state index < -0.39 is 5.97 Å². The molecule has 1 N–H and O–H groups in total. The number of nitrogens with zero attached hydrogens (tertiary/aromatic N) is 2. The molecule has 0 bridgehead atoms. The van der Waals surface area contributed by atoms with Crippen LogP contribution in [-0.4, -0.2) is 28.6 Å². The van der Waals surface area contributed by atoms with Gasteiger partial charge in [0, 0.05) is 30.4 Å². The second kappa shape index (κ2) is 6.86. The van der Waals surface area contributed by atoms with Gasteiger partial charge in [-0.2, -0.15) is 5.10 Å². The summed E-state index contributed by atoms with van der Waals surface area (Å²) in [5, 5.41) is 6.88. The van der Waals surface area contributed by atoms with E-state index in [4.69, 9.17) is 4.74 Å². The minimum absolute atomic E-state index is 0.101. The summed E-state index contributed by atoms with van der Waals surface area (Å²) < 4.78 is 5.39. The first-order valence-corrected chi connectivity index (χ1v) is 8.20. The van der Waals surface area contributed by atoms with E-state index >= 15 is 0 Å². The molecule has 0 unspecified atom stereocenters. The number of rotatable bonds is 5. The molecule has 0 radical (unpaired) electrons. The van der Waals surface area contributed by atoms with E-state index in [-0.39, 0.29) is 11.6 Å². The van der Waals surface area contributed by atoms with Crippen LogP contribution in [0.1, 0.15) is 42.9 Å². The summed E-state index contributed by atoms with van der Waals surface area (Å²) in [6.07, 6.45) is 2.25. The van der Waals surface area contributed by atoms with Crippen LogP contribution in [-0.2, 0) is 11.2 Å². The Balaban J connectivity index is 1.70. The van der Waals surface area contributed by atoms with E-state index in [1.807, 2.05) is 6.07 Å². The molecule has 1 saturated heterocycles. The number of carbonyl (C=O) groups is 2. The SMILES string of the molecule is CC(C)Cc1cc(C(=O)Oc2cccc(N3CCCC3=O)c2)n[nH]1. The number of nitrogens with one attached hydrogen (secondary N) is 1. The molecule has 0 atom stereocenters. The lowest BCUT2D eigenvalue weighted by Gasteiger charge is -2.16. The number of aromatic nitrogens is 2. The van der Waals surface area contributed by atoms with Gasteiger partial charge in [0.15, 0.2) is 5.69 Å². The lowest BCUT2D eigenvalue weighted by atomic mass is 10.1. The Morgan fingerprint density at radius 1 is 1.38 bits per heavy atom. The van der Waals surface area contributed by atoms with Crippen LogP contribution >= 0.6 is 0 Å². The Morgan fingerprint density at radius 2 is 2.21 bits per heavy atom. The average Bonchev–Trinajstić information content (AvgIpc) is 3.16. The van der Waals surface area contributed by atoms with Crippen LogP contribution in [0.3, 0.4) is 0 Å². The number of amides is 1. The first kappa shape index (κ1) is 16.2. The lowest BCUT2D eigenvalue weighted by Crippen LogP contribution is -2.23. The molecule has 1 aliphatic heterocycles. The molecule has 6 nitrogen and oxygen atoms in total. The van der Waals surface area contributed by atoms with Gasteiger partial charge in [0.05, 0.1) is 0 Å². The van der Waals surface area contributed by atoms with E-state index in [0.717, 1.165) is 24.2 Å². The number of carbonyl (C=O) groups excluding carboxylic acids is 2. The van der Waals surface area contributed by atoms with E-state index in [9.17, 15) is 9.59 Å². The lowest BCUT2D eigenvalue weighted by molar-refractivity contribution is -0.117. The maximum absolute atomic E-state index is 12.2. The van der Waals surface area contributed by atoms with Crippen LogP contribution in [0.4, 0.5) is 5.69 Å². The Hall–Kier alpha value is -2.63. The predicted octanol–water partition coefficient (Wildman–Crippen LogP) is 2.95. The standard InChI is InChI=1S/C18H21N3O3/c1-12(2)9-13-10-16(20-19-13)18(23)24-15-6-3-5-14(11-15)21-8-4-7-17(21)22/h3,5-6,10-12H,4,7-9H2,1-2H3,(H,19,20). The van der Waals surface area contributed by atoms with E-state index in [2.05, 4.69) is 24.0 Å². The topological polar surface area (TPSA) is 75.3 Å². The van der Waals surface area contributed by atoms with Gasteiger partial charge in [0.25, 0.3) is 0 Å². The summed E-state index contributed by atoms with van der Waals surface area (Å²) in [5.74, 6) is 0.477. The van der Waals surface area contributed by atoms with Crippen molar-refractivity contribution in [2.24, 2.45) is 5.92 Å². The fourth-order valence-electron chi connectivity index (χ4n) is 2.81. The summed E-state index contributed by atoms with van der Waals surface area (Å²) in [6.45, 7) is 4.90. The molecule has 24 heavy (non-hydrogen) atoms. The van der Waals surface area contributed by atoms with Crippen molar-refractivity contribution in [3.05, 3.63) is 41.7 Å². The number of hydrogen-bond acceptors (Lipinski definition) is 4. The highest BCUT2D eigenvalue weighted by molar-refractivity contribution is 5.95. The summed E-state index contributed by atoms with van der Waals surface area (Å²) in [4.78, 5) is 25.8. The molecule has 0 spiro atoms. The molecule has 1 fully saturated rings. The first-order chi connectivity index (χ1) is 11.5. The number of esters is 1. The van der Waals surface area contributed by atoms with Gasteiger partial charge in [-0.1, -0.05) is 19.9 Å². The van der Waals surface area contributed by atoms with Crippen molar-refractivity contribution < 1.29 is 14.3 Å². The van der Waals surface area contributed by atoms with Crippen LogP contribution in [0, 0.1) is 5.92 Å². The number of anilines is 1. The van der Waals surface area contributed by atoms with Crippen LogP contribution < -0.4 is 9.64 Å². The summed E-state index contributed by atoms with van der Waals surface area (Å²) >= 11 is 0. The fraction of sp³-hybridized carbons (Fsp3) is 0.389. The van der Waals surface area contributed by atoms with Crippen LogP contribution in [0.2, 0.25) is 0 Å². The van der Waals surface area contributed by atoms with Crippen molar-refractivity contribution in [1.29, 1.82) is 0 Å². The van der Waals surface area contributed by atoms with Gasteiger partial charge in [-0.25, -0.2) is 4.79 Å². The molecular weight excluding hydrogens is 306 g/mol. The van der Waals surface area contributed by atoms with E-state index in [1.54, 1.807) is 29.2 Å². The van der Waals surface area contributed by atoms with Gasteiger partial charge in [0.2, 0.25) is 5.91 Å². The third-order valence-electron chi connectivity index (χ3n) is 3.88. The predicted molar refractivity (Wildman–Crippen MR) is 90.1 cm³/mol. The maximum atomic E-state index is 12.2. The minimum atomic E-state index is -0.508. The fourth-order valence-corrected chi connectivity index (χ4v) is 2.81. The maximum Gasteiger partial charge on any atom is 0.364 e. The van der Waals surface area contributed by atoms with Gasteiger partial charge < -0.3 is 9.64 Å². The highest BCUT2D eigenvalue weighted by Gasteiger charge is 2.22. The second-order valence-corrected chi connectivity index (χ2v) is 6.41. The highest BCUT2D eigenvalue weighted by atomic mass is 16.5. The minimum Gasteiger partial charge on any atom is -0.422 e. The van der Waals surface area contributed by atoms with Crippen molar-refractivity contribution >= 4 is 17.6 Å². The van der Waals surface area contributed by atoms with Crippen molar-refractivity contribution in [1.82, 2.24) is 10.2 Å². The van der Waals surface area contributed by atoms with Gasteiger partial charge in [-0.15, -0.1) is 0 Å². The summed E-state index contributed by atoms with van der Waals surface area (Å²) in [7, 11) is 0. The van der Waals surface area contributed by atoms with Gasteiger partial charge in [-0.05, 0) is 37.0 Å². The quantitative estimate of drug-likeness (QED) is 0.677. The smallest absolute Gasteiger partial charge is 0.364 e. The third kappa shape index (κ3) is 3.64. The Kier molecular flexibility index (Phi) is 4.64. The molecule has 1 aromatic carbocycles. The van der Waals surface area contributed by atoms with Gasteiger partial charge in [-0.3, -0.25) is 9.89 Å².